The Morgan fingerprint density at radius 2 is 2.07 bits per heavy atom. The highest BCUT2D eigenvalue weighted by Gasteiger charge is 2.03. The lowest BCUT2D eigenvalue weighted by Gasteiger charge is -2.09. The summed E-state index contributed by atoms with van der Waals surface area (Å²) in [4.78, 5) is 11.5. The zero-order chi connectivity index (χ0) is 11.0. The molecule has 1 heterocycles. The molecule has 0 amide bonds. The quantitative estimate of drug-likeness (QED) is 0.757. The molecule has 0 aliphatic heterocycles. The molecule has 2 aromatic rings. The van der Waals surface area contributed by atoms with Gasteiger partial charge in [0.1, 0.15) is 0 Å². The Balaban J connectivity index is 2.91. The Morgan fingerprint density at radius 3 is 2.73 bits per heavy atom. The van der Waals surface area contributed by atoms with Crippen molar-refractivity contribution in [2.45, 2.75) is 13.5 Å². The van der Waals surface area contributed by atoms with E-state index in [2.05, 4.69) is 0 Å². The van der Waals surface area contributed by atoms with E-state index in [4.69, 9.17) is 5.73 Å². The number of nitrogens with zero attached hydrogens (tertiary/aromatic N) is 1. The maximum Gasteiger partial charge on any atom is 0.250 e. The summed E-state index contributed by atoms with van der Waals surface area (Å²) in [5, 5.41) is 1.07. The van der Waals surface area contributed by atoms with Gasteiger partial charge in [0.15, 0.2) is 0 Å². The second-order valence-electron chi connectivity index (χ2n) is 3.79. The van der Waals surface area contributed by atoms with Gasteiger partial charge in [0, 0.05) is 19.7 Å². The molecule has 3 heteroatoms. The highest BCUT2D eigenvalue weighted by Crippen LogP contribution is 2.18. The number of hydrogen-bond donors (Lipinski definition) is 1. The Bertz CT molecular complexity index is 570. The lowest BCUT2D eigenvalue weighted by molar-refractivity contribution is 0.900. The Morgan fingerprint density at radius 1 is 1.33 bits per heavy atom. The zero-order valence-corrected chi connectivity index (χ0v) is 8.95. The summed E-state index contributed by atoms with van der Waals surface area (Å²) in [5.41, 5.74) is 8.80. The first-order valence-corrected chi connectivity index (χ1v) is 4.93. The lowest BCUT2D eigenvalue weighted by Crippen LogP contribution is -2.16. The van der Waals surface area contributed by atoms with Gasteiger partial charge in [-0.15, -0.1) is 0 Å². The van der Waals surface area contributed by atoms with Crippen LogP contribution in [0.1, 0.15) is 11.1 Å². The predicted molar refractivity (Wildman–Crippen MR) is 61.8 cm³/mol. The molecule has 0 saturated heterocycles. The first-order chi connectivity index (χ1) is 7.13. The molecule has 0 aliphatic rings. The molecule has 1 aromatic heterocycles. The molecular formula is C12H14N2O. The average Bonchev–Trinajstić information content (AvgIpc) is 2.23. The van der Waals surface area contributed by atoms with E-state index in [0.29, 0.717) is 6.54 Å². The summed E-state index contributed by atoms with van der Waals surface area (Å²) < 4.78 is 1.67. The number of hydrogen-bond acceptors (Lipinski definition) is 2. The summed E-state index contributed by atoms with van der Waals surface area (Å²) in [6, 6.07) is 7.50. The van der Waals surface area contributed by atoms with Gasteiger partial charge in [0.25, 0.3) is 5.56 Å². The first kappa shape index (κ1) is 9.93. The third-order valence-electron chi connectivity index (χ3n) is 2.70. The summed E-state index contributed by atoms with van der Waals surface area (Å²) >= 11 is 0. The second kappa shape index (κ2) is 3.51. The minimum absolute atomic E-state index is 0.0195. The van der Waals surface area contributed by atoms with Gasteiger partial charge < -0.3 is 10.3 Å². The predicted octanol–water partition coefficient (Wildman–Crippen LogP) is 1.31. The van der Waals surface area contributed by atoms with E-state index in [1.54, 1.807) is 17.7 Å². The standard InChI is InChI=1S/C12H14N2O/c1-8-5-9(7-13)6-10-3-4-11(15)14(2)12(8)10/h3-6H,7,13H2,1-2H3. The third kappa shape index (κ3) is 1.55. The molecule has 2 rings (SSSR count). The maximum atomic E-state index is 11.5. The molecule has 0 spiro atoms. The summed E-state index contributed by atoms with van der Waals surface area (Å²) in [5.74, 6) is 0. The number of nitrogens with two attached hydrogens (primary N) is 1. The largest absolute Gasteiger partial charge is 0.326 e. The van der Waals surface area contributed by atoms with Crippen LogP contribution in [0.4, 0.5) is 0 Å². The fourth-order valence-electron chi connectivity index (χ4n) is 1.97. The van der Waals surface area contributed by atoms with Crippen molar-refractivity contribution in [2.75, 3.05) is 0 Å². The van der Waals surface area contributed by atoms with Gasteiger partial charge >= 0.3 is 0 Å². The molecule has 1 aromatic carbocycles. The molecule has 0 aliphatic carbocycles. The number of benzene rings is 1. The fourth-order valence-corrected chi connectivity index (χ4v) is 1.97. The minimum atomic E-state index is 0.0195. The normalized spacial score (nSPS) is 10.9. The summed E-state index contributed by atoms with van der Waals surface area (Å²) in [7, 11) is 1.79. The Kier molecular flexibility index (Phi) is 2.32. The van der Waals surface area contributed by atoms with Crippen molar-refractivity contribution in [3.8, 4) is 0 Å². The number of fused-ring (bicyclic) bond motifs is 1. The Labute approximate surface area is 88.1 Å². The molecule has 15 heavy (non-hydrogen) atoms. The van der Waals surface area contributed by atoms with Crippen LogP contribution in [0.5, 0.6) is 0 Å². The lowest BCUT2D eigenvalue weighted by atomic mass is 10.1. The van der Waals surface area contributed by atoms with Gasteiger partial charge in [-0.25, -0.2) is 0 Å². The topological polar surface area (TPSA) is 48.0 Å². The monoisotopic (exact) mass is 202 g/mol. The van der Waals surface area contributed by atoms with E-state index >= 15 is 0 Å². The van der Waals surface area contributed by atoms with Crippen LogP contribution in [-0.4, -0.2) is 4.57 Å². The highest BCUT2D eigenvalue weighted by atomic mass is 16.1. The first-order valence-electron chi connectivity index (χ1n) is 4.93. The van der Waals surface area contributed by atoms with Crippen molar-refractivity contribution in [1.29, 1.82) is 0 Å². The van der Waals surface area contributed by atoms with Crippen molar-refractivity contribution in [3.63, 3.8) is 0 Å². The van der Waals surface area contributed by atoms with Crippen LogP contribution >= 0.6 is 0 Å². The van der Waals surface area contributed by atoms with Crippen LogP contribution in [-0.2, 0) is 13.6 Å². The SMILES string of the molecule is Cc1cc(CN)cc2ccc(=O)n(C)c12. The van der Waals surface area contributed by atoms with Gasteiger partial charge in [-0.2, -0.15) is 0 Å². The second-order valence-corrected chi connectivity index (χ2v) is 3.79. The number of rotatable bonds is 1. The van der Waals surface area contributed by atoms with Crippen LogP contribution < -0.4 is 11.3 Å². The van der Waals surface area contributed by atoms with Gasteiger partial charge in [0.2, 0.25) is 0 Å². The van der Waals surface area contributed by atoms with E-state index in [9.17, 15) is 4.79 Å². The molecule has 0 fully saturated rings. The maximum absolute atomic E-state index is 11.5. The zero-order valence-electron chi connectivity index (χ0n) is 8.95. The fraction of sp³-hybridized carbons (Fsp3) is 0.250. The molecule has 0 unspecified atom stereocenters. The van der Waals surface area contributed by atoms with Crippen LogP contribution in [0, 0.1) is 6.92 Å². The van der Waals surface area contributed by atoms with Crippen molar-refractivity contribution >= 4 is 10.9 Å². The molecule has 2 N–H and O–H groups in total. The minimum Gasteiger partial charge on any atom is -0.326 e. The smallest absolute Gasteiger partial charge is 0.250 e. The average molecular weight is 202 g/mol. The van der Waals surface area contributed by atoms with Crippen molar-refractivity contribution in [1.82, 2.24) is 4.57 Å². The molecule has 78 valence electrons. The van der Waals surface area contributed by atoms with Gasteiger partial charge in [-0.1, -0.05) is 6.07 Å². The number of aryl methyl sites for hydroxylation is 2. The van der Waals surface area contributed by atoms with Crippen molar-refractivity contribution in [2.24, 2.45) is 12.8 Å². The van der Waals surface area contributed by atoms with E-state index in [1.165, 1.54) is 0 Å². The highest BCUT2D eigenvalue weighted by molar-refractivity contribution is 5.82. The van der Waals surface area contributed by atoms with E-state index in [1.807, 2.05) is 25.1 Å². The van der Waals surface area contributed by atoms with Crippen LogP contribution in [0.2, 0.25) is 0 Å². The van der Waals surface area contributed by atoms with Crippen LogP contribution in [0.3, 0.4) is 0 Å². The van der Waals surface area contributed by atoms with Gasteiger partial charge in [-0.3, -0.25) is 4.79 Å². The molecule has 0 radical (unpaired) electrons. The Hall–Kier alpha value is -1.61. The van der Waals surface area contributed by atoms with E-state index in [-0.39, 0.29) is 5.56 Å². The molecular weight excluding hydrogens is 188 g/mol. The van der Waals surface area contributed by atoms with E-state index < -0.39 is 0 Å². The molecule has 3 nitrogen and oxygen atoms in total. The van der Waals surface area contributed by atoms with Gasteiger partial charge in [-0.05, 0) is 35.6 Å². The summed E-state index contributed by atoms with van der Waals surface area (Å²) in [6.45, 7) is 2.53. The molecule has 0 atom stereocenters. The molecule has 0 bridgehead atoms. The van der Waals surface area contributed by atoms with Crippen molar-refractivity contribution < 1.29 is 0 Å². The number of aromatic nitrogens is 1. The number of pyridine rings is 1. The van der Waals surface area contributed by atoms with Crippen LogP contribution in [0.25, 0.3) is 10.9 Å². The van der Waals surface area contributed by atoms with Crippen molar-refractivity contribution in [3.05, 3.63) is 45.7 Å². The van der Waals surface area contributed by atoms with Gasteiger partial charge in [0.05, 0.1) is 5.52 Å². The molecule has 0 saturated carbocycles. The van der Waals surface area contributed by atoms with Crippen LogP contribution in [0.15, 0.2) is 29.1 Å². The third-order valence-corrected chi connectivity index (χ3v) is 2.70. The summed E-state index contributed by atoms with van der Waals surface area (Å²) in [6.07, 6.45) is 0. The van der Waals surface area contributed by atoms with E-state index in [0.717, 1.165) is 22.0 Å².